The van der Waals surface area contributed by atoms with E-state index >= 15 is 0 Å². The SMILES string of the molecule is CCNCC1CCCN1CCSC(F)(F)F. The van der Waals surface area contributed by atoms with Crippen LogP contribution in [0.3, 0.4) is 0 Å². The standard InChI is InChI=1S/C10H19F3N2S/c1-2-14-8-9-4-3-5-15(9)6-7-16-10(11,12)13/h9,14H,2-8H2,1H3. The lowest BCUT2D eigenvalue weighted by Gasteiger charge is -2.24. The zero-order valence-corrected chi connectivity index (χ0v) is 10.3. The van der Waals surface area contributed by atoms with E-state index in [1.807, 2.05) is 6.92 Å². The van der Waals surface area contributed by atoms with Crippen LogP contribution in [0.15, 0.2) is 0 Å². The molecule has 1 saturated heterocycles. The first-order valence-electron chi connectivity index (χ1n) is 5.68. The van der Waals surface area contributed by atoms with Crippen LogP contribution in [0.4, 0.5) is 13.2 Å². The number of nitrogens with zero attached hydrogens (tertiary/aromatic N) is 1. The summed E-state index contributed by atoms with van der Waals surface area (Å²) in [6, 6.07) is 0.425. The number of halogens is 3. The number of thioether (sulfide) groups is 1. The Kier molecular flexibility index (Phi) is 5.92. The first-order valence-corrected chi connectivity index (χ1v) is 6.67. The maximum atomic E-state index is 12.0. The minimum absolute atomic E-state index is 0.0842. The van der Waals surface area contributed by atoms with Crippen LogP contribution in [0.5, 0.6) is 0 Å². The summed E-state index contributed by atoms with van der Waals surface area (Å²) in [5.41, 5.74) is -4.09. The molecule has 0 radical (unpaired) electrons. The van der Waals surface area contributed by atoms with Crippen LogP contribution < -0.4 is 5.32 Å². The van der Waals surface area contributed by atoms with Crippen LogP contribution in [0.1, 0.15) is 19.8 Å². The monoisotopic (exact) mass is 256 g/mol. The fourth-order valence-corrected chi connectivity index (χ4v) is 2.57. The molecule has 1 atom stereocenters. The summed E-state index contributed by atoms with van der Waals surface area (Å²) in [6.45, 7) is 5.34. The zero-order valence-electron chi connectivity index (χ0n) is 9.52. The van der Waals surface area contributed by atoms with Gasteiger partial charge in [-0.15, -0.1) is 0 Å². The molecule has 1 heterocycles. The molecule has 1 rings (SSSR count). The highest BCUT2D eigenvalue weighted by Gasteiger charge is 2.29. The van der Waals surface area contributed by atoms with Crippen molar-refractivity contribution in [1.82, 2.24) is 10.2 Å². The molecule has 16 heavy (non-hydrogen) atoms. The van der Waals surface area contributed by atoms with Crippen LogP contribution in [0.25, 0.3) is 0 Å². The molecule has 1 N–H and O–H groups in total. The van der Waals surface area contributed by atoms with Gasteiger partial charge in [0.2, 0.25) is 0 Å². The summed E-state index contributed by atoms with van der Waals surface area (Å²) in [6.07, 6.45) is 2.20. The maximum Gasteiger partial charge on any atom is 0.441 e. The Labute approximate surface area is 98.9 Å². The predicted molar refractivity (Wildman–Crippen MR) is 61.7 cm³/mol. The third-order valence-electron chi connectivity index (χ3n) is 2.77. The van der Waals surface area contributed by atoms with E-state index in [4.69, 9.17) is 0 Å². The number of likely N-dealkylation sites (tertiary alicyclic amines) is 1. The van der Waals surface area contributed by atoms with Gasteiger partial charge in [-0.1, -0.05) is 6.92 Å². The molecule has 96 valence electrons. The van der Waals surface area contributed by atoms with E-state index in [-0.39, 0.29) is 17.5 Å². The molecule has 0 amide bonds. The molecule has 0 aromatic rings. The normalized spacial score (nSPS) is 22.9. The number of nitrogens with one attached hydrogen (secondary N) is 1. The van der Waals surface area contributed by atoms with Gasteiger partial charge in [-0.05, 0) is 37.7 Å². The number of hydrogen-bond acceptors (Lipinski definition) is 3. The summed E-state index contributed by atoms with van der Waals surface area (Å²) < 4.78 is 35.9. The lowest BCUT2D eigenvalue weighted by molar-refractivity contribution is -0.0328. The molecule has 0 bridgehead atoms. The van der Waals surface area contributed by atoms with Gasteiger partial charge in [0, 0.05) is 24.9 Å². The third-order valence-corrected chi connectivity index (χ3v) is 3.49. The molecule has 1 aliphatic rings. The van der Waals surface area contributed by atoms with Gasteiger partial charge < -0.3 is 5.32 Å². The molecule has 0 aromatic carbocycles. The number of hydrogen-bond donors (Lipinski definition) is 1. The Morgan fingerprint density at radius 1 is 1.44 bits per heavy atom. The van der Waals surface area contributed by atoms with E-state index < -0.39 is 5.51 Å². The van der Waals surface area contributed by atoms with Crippen LogP contribution in [-0.2, 0) is 0 Å². The molecule has 1 aliphatic heterocycles. The van der Waals surface area contributed by atoms with Crippen LogP contribution in [0, 0.1) is 0 Å². The van der Waals surface area contributed by atoms with Gasteiger partial charge in [0.05, 0.1) is 0 Å². The Balaban J connectivity index is 2.19. The molecule has 0 spiro atoms. The van der Waals surface area contributed by atoms with Gasteiger partial charge in [0.1, 0.15) is 0 Å². The van der Waals surface area contributed by atoms with Gasteiger partial charge in [-0.2, -0.15) is 13.2 Å². The van der Waals surface area contributed by atoms with Crippen molar-refractivity contribution in [3.05, 3.63) is 0 Å². The number of likely N-dealkylation sites (N-methyl/N-ethyl adjacent to an activating group) is 1. The van der Waals surface area contributed by atoms with Crippen molar-refractivity contribution in [2.24, 2.45) is 0 Å². The van der Waals surface area contributed by atoms with E-state index in [9.17, 15) is 13.2 Å². The van der Waals surface area contributed by atoms with Crippen molar-refractivity contribution in [2.75, 3.05) is 31.9 Å². The van der Waals surface area contributed by atoms with Gasteiger partial charge in [0.15, 0.2) is 0 Å². The van der Waals surface area contributed by atoms with Crippen LogP contribution >= 0.6 is 11.8 Å². The van der Waals surface area contributed by atoms with Crippen molar-refractivity contribution >= 4 is 11.8 Å². The molecule has 1 unspecified atom stereocenters. The van der Waals surface area contributed by atoms with Gasteiger partial charge in [0.25, 0.3) is 0 Å². The van der Waals surface area contributed by atoms with E-state index in [1.54, 1.807) is 0 Å². The van der Waals surface area contributed by atoms with Crippen molar-refractivity contribution in [3.8, 4) is 0 Å². The highest BCUT2D eigenvalue weighted by molar-refractivity contribution is 8.00. The maximum absolute atomic E-state index is 12.0. The lowest BCUT2D eigenvalue weighted by Crippen LogP contribution is -2.39. The molecule has 0 saturated carbocycles. The molecular formula is C10H19F3N2S. The number of alkyl halides is 3. The fourth-order valence-electron chi connectivity index (χ4n) is 2.01. The summed E-state index contributed by atoms with van der Waals surface area (Å²) in [7, 11) is 0. The Hall–Kier alpha value is 0.0600. The second-order valence-electron chi connectivity index (χ2n) is 3.93. The Morgan fingerprint density at radius 3 is 2.81 bits per heavy atom. The van der Waals surface area contributed by atoms with Crippen molar-refractivity contribution in [2.45, 2.75) is 31.3 Å². The molecule has 6 heteroatoms. The zero-order chi connectivity index (χ0) is 12.0. The lowest BCUT2D eigenvalue weighted by atomic mass is 10.2. The molecular weight excluding hydrogens is 237 g/mol. The second-order valence-corrected chi connectivity index (χ2v) is 5.09. The van der Waals surface area contributed by atoms with Crippen molar-refractivity contribution < 1.29 is 13.2 Å². The average molecular weight is 256 g/mol. The molecule has 1 fully saturated rings. The Morgan fingerprint density at radius 2 is 2.19 bits per heavy atom. The van der Waals surface area contributed by atoms with E-state index in [2.05, 4.69) is 10.2 Å². The largest absolute Gasteiger partial charge is 0.441 e. The van der Waals surface area contributed by atoms with E-state index in [0.717, 1.165) is 32.5 Å². The van der Waals surface area contributed by atoms with Crippen molar-refractivity contribution in [1.29, 1.82) is 0 Å². The number of rotatable bonds is 6. The average Bonchev–Trinajstić information content (AvgIpc) is 2.60. The van der Waals surface area contributed by atoms with Gasteiger partial charge in [-0.25, -0.2) is 0 Å². The van der Waals surface area contributed by atoms with Gasteiger partial charge >= 0.3 is 5.51 Å². The minimum Gasteiger partial charge on any atom is -0.315 e. The van der Waals surface area contributed by atoms with E-state index in [1.165, 1.54) is 0 Å². The first-order chi connectivity index (χ1) is 7.53. The summed E-state index contributed by atoms with van der Waals surface area (Å²) in [5.74, 6) is 0.145. The van der Waals surface area contributed by atoms with Crippen LogP contribution in [0.2, 0.25) is 0 Å². The highest BCUT2D eigenvalue weighted by atomic mass is 32.2. The quantitative estimate of drug-likeness (QED) is 0.785. The third kappa shape index (κ3) is 5.41. The molecule has 0 aromatic heterocycles. The predicted octanol–water partition coefficient (Wildman–Crippen LogP) is 2.31. The highest BCUT2D eigenvalue weighted by Crippen LogP contribution is 2.30. The summed E-state index contributed by atoms with van der Waals surface area (Å²) in [5, 5.41) is 3.26. The first kappa shape index (κ1) is 14.1. The van der Waals surface area contributed by atoms with E-state index in [0.29, 0.717) is 12.6 Å². The molecule has 2 nitrogen and oxygen atoms in total. The summed E-state index contributed by atoms with van der Waals surface area (Å²) >= 11 is 0.0842. The van der Waals surface area contributed by atoms with Crippen LogP contribution in [-0.4, -0.2) is 48.4 Å². The Bertz CT molecular complexity index is 199. The second kappa shape index (κ2) is 6.71. The smallest absolute Gasteiger partial charge is 0.315 e. The van der Waals surface area contributed by atoms with Gasteiger partial charge in [-0.3, -0.25) is 4.90 Å². The molecule has 0 aliphatic carbocycles. The van der Waals surface area contributed by atoms with Crippen molar-refractivity contribution in [3.63, 3.8) is 0 Å². The topological polar surface area (TPSA) is 15.3 Å². The fraction of sp³-hybridized carbons (Fsp3) is 1.00. The summed E-state index contributed by atoms with van der Waals surface area (Å²) in [4.78, 5) is 2.17. The minimum atomic E-state index is -4.09.